The molecule has 2 heteroatoms. The summed E-state index contributed by atoms with van der Waals surface area (Å²) in [5.74, 6) is 2.39. The summed E-state index contributed by atoms with van der Waals surface area (Å²) in [7, 11) is 1.75. The summed E-state index contributed by atoms with van der Waals surface area (Å²) >= 11 is 1.98. The fourth-order valence-electron chi connectivity index (χ4n) is 0.623. The molecule has 0 radical (unpaired) electrons. The molecule has 0 aliphatic rings. The number of thioether (sulfide) groups is 1. The Morgan fingerprint density at radius 3 is 2.27 bits per heavy atom. The van der Waals surface area contributed by atoms with Gasteiger partial charge in [0.2, 0.25) is 0 Å². The maximum Gasteiger partial charge on any atom is 0.0552 e. The normalized spacial score (nSPS) is 12.0. The molecule has 0 atom stereocenters. The summed E-state index contributed by atoms with van der Waals surface area (Å²) in [5, 5.41) is 0. The zero-order valence-electron chi connectivity index (χ0n) is 8.14. The van der Waals surface area contributed by atoms with Crippen molar-refractivity contribution in [3.05, 3.63) is 0 Å². The number of ether oxygens (including phenoxy) is 1. The molecule has 0 aromatic heterocycles. The number of rotatable bonds is 5. The van der Waals surface area contributed by atoms with E-state index < -0.39 is 0 Å². The van der Waals surface area contributed by atoms with Gasteiger partial charge in [0.15, 0.2) is 0 Å². The van der Waals surface area contributed by atoms with Crippen LogP contribution in [0.2, 0.25) is 0 Å². The maximum absolute atomic E-state index is 4.95. The van der Waals surface area contributed by atoms with Gasteiger partial charge in [-0.25, -0.2) is 0 Å². The van der Waals surface area contributed by atoms with Crippen molar-refractivity contribution >= 4 is 11.8 Å². The minimum Gasteiger partial charge on any atom is -0.384 e. The van der Waals surface area contributed by atoms with Crippen molar-refractivity contribution < 1.29 is 4.74 Å². The van der Waals surface area contributed by atoms with Gasteiger partial charge in [-0.2, -0.15) is 11.8 Å². The van der Waals surface area contributed by atoms with Crippen LogP contribution in [-0.4, -0.2) is 25.2 Å². The van der Waals surface area contributed by atoms with E-state index in [2.05, 4.69) is 20.8 Å². The lowest BCUT2D eigenvalue weighted by atomic mass is 9.94. The van der Waals surface area contributed by atoms with Gasteiger partial charge in [0, 0.05) is 12.9 Å². The van der Waals surface area contributed by atoms with Gasteiger partial charge >= 0.3 is 0 Å². The van der Waals surface area contributed by atoms with Crippen LogP contribution in [0.3, 0.4) is 0 Å². The summed E-state index contributed by atoms with van der Waals surface area (Å²) in [5.41, 5.74) is 0.486. The van der Waals surface area contributed by atoms with Gasteiger partial charge in [-0.3, -0.25) is 0 Å². The van der Waals surface area contributed by atoms with Crippen LogP contribution in [0.15, 0.2) is 0 Å². The standard InChI is InChI=1S/C9H20OS/c1-9(2,3)5-7-11-8-6-10-4/h5-8H2,1-4H3. The third kappa shape index (κ3) is 10.3. The van der Waals surface area contributed by atoms with Crippen LogP contribution in [0.1, 0.15) is 27.2 Å². The Morgan fingerprint density at radius 1 is 1.18 bits per heavy atom. The Morgan fingerprint density at radius 2 is 1.82 bits per heavy atom. The fourth-order valence-corrected chi connectivity index (χ4v) is 1.87. The minimum absolute atomic E-state index is 0.486. The molecule has 0 unspecified atom stereocenters. The van der Waals surface area contributed by atoms with Crippen LogP contribution >= 0.6 is 11.8 Å². The van der Waals surface area contributed by atoms with Crippen molar-refractivity contribution in [1.29, 1.82) is 0 Å². The zero-order chi connectivity index (χ0) is 8.74. The lowest BCUT2D eigenvalue weighted by Crippen LogP contribution is -2.06. The summed E-state index contributed by atoms with van der Waals surface area (Å²) in [4.78, 5) is 0. The van der Waals surface area contributed by atoms with Gasteiger partial charge in [0.25, 0.3) is 0 Å². The van der Waals surface area contributed by atoms with E-state index in [4.69, 9.17) is 4.74 Å². The van der Waals surface area contributed by atoms with Crippen LogP contribution in [0.5, 0.6) is 0 Å². The molecule has 0 fully saturated rings. The lowest BCUT2D eigenvalue weighted by molar-refractivity contribution is 0.218. The molecule has 0 amide bonds. The molecule has 11 heavy (non-hydrogen) atoms. The largest absolute Gasteiger partial charge is 0.384 e. The quantitative estimate of drug-likeness (QED) is 0.596. The molecule has 0 aromatic carbocycles. The highest BCUT2D eigenvalue weighted by molar-refractivity contribution is 7.99. The van der Waals surface area contributed by atoms with E-state index in [0.717, 1.165) is 12.4 Å². The highest BCUT2D eigenvalue weighted by Gasteiger charge is 2.08. The van der Waals surface area contributed by atoms with E-state index in [1.54, 1.807) is 7.11 Å². The van der Waals surface area contributed by atoms with E-state index in [-0.39, 0.29) is 0 Å². The Balaban J connectivity index is 3.02. The SMILES string of the molecule is COCCSCCC(C)(C)C. The van der Waals surface area contributed by atoms with Crippen molar-refractivity contribution in [2.75, 3.05) is 25.2 Å². The first-order valence-corrected chi connectivity index (χ1v) is 5.28. The lowest BCUT2D eigenvalue weighted by Gasteiger charge is -2.16. The predicted molar refractivity (Wildman–Crippen MR) is 53.3 cm³/mol. The third-order valence-corrected chi connectivity index (χ3v) is 2.38. The predicted octanol–water partition coefficient (Wildman–Crippen LogP) is 2.80. The molecule has 0 rings (SSSR count). The Bertz CT molecular complexity index is 86.1. The monoisotopic (exact) mass is 176 g/mol. The van der Waals surface area contributed by atoms with Crippen molar-refractivity contribution in [3.8, 4) is 0 Å². The molecule has 0 aliphatic carbocycles. The fraction of sp³-hybridized carbons (Fsp3) is 1.00. The molecule has 0 N–H and O–H groups in total. The third-order valence-electron chi connectivity index (χ3n) is 1.43. The maximum atomic E-state index is 4.95. The van der Waals surface area contributed by atoms with E-state index in [9.17, 15) is 0 Å². The molecule has 0 spiro atoms. The van der Waals surface area contributed by atoms with E-state index in [1.165, 1.54) is 12.2 Å². The summed E-state index contributed by atoms with van der Waals surface area (Å²) in [6.45, 7) is 7.73. The average Bonchev–Trinajstić information content (AvgIpc) is 1.85. The van der Waals surface area contributed by atoms with Crippen molar-refractivity contribution in [1.82, 2.24) is 0 Å². The molecule has 68 valence electrons. The highest BCUT2D eigenvalue weighted by atomic mass is 32.2. The minimum atomic E-state index is 0.486. The van der Waals surface area contributed by atoms with Gasteiger partial charge < -0.3 is 4.74 Å². The summed E-state index contributed by atoms with van der Waals surface area (Å²) in [6.07, 6.45) is 1.29. The molecule has 0 saturated carbocycles. The van der Waals surface area contributed by atoms with E-state index in [1.807, 2.05) is 11.8 Å². The average molecular weight is 176 g/mol. The molecule has 1 nitrogen and oxygen atoms in total. The van der Waals surface area contributed by atoms with Crippen molar-refractivity contribution in [2.24, 2.45) is 5.41 Å². The number of hydrogen-bond acceptors (Lipinski definition) is 2. The second-order valence-electron chi connectivity index (χ2n) is 3.92. The van der Waals surface area contributed by atoms with E-state index >= 15 is 0 Å². The van der Waals surface area contributed by atoms with Gasteiger partial charge in [-0.05, 0) is 17.6 Å². The van der Waals surface area contributed by atoms with E-state index in [0.29, 0.717) is 5.41 Å². The highest BCUT2D eigenvalue weighted by Crippen LogP contribution is 2.20. The van der Waals surface area contributed by atoms with Crippen molar-refractivity contribution in [3.63, 3.8) is 0 Å². The van der Waals surface area contributed by atoms with Gasteiger partial charge in [-0.1, -0.05) is 20.8 Å². The second kappa shape index (κ2) is 5.90. The molecule has 0 aromatic rings. The van der Waals surface area contributed by atoms with Gasteiger partial charge in [0.1, 0.15) is 0 Å². The van der Waals surface area contributed by atoms with Crippen LogP contribution in [0, 0.1) is 5.41 Å². The first-order valence-electron chi connectivity index (χ1n) is 4.13. The molecule has 0 heterocycles. The van der Waals surface area contributed by atoms with Crippen molar-refractivity contribution in [2.45, 2.75) is 27.2 Å². The van der Waals surface area contributed by atoms with Gasteiger partial charge in [0.05, 0.1) is 6.61 Å². The first kappa shape index (κ1) is 11.3. The number of methoxy groups -OCH3 is 1. The smallest absolute Gasteiger partial charge is 0.0552 e. The summed E-state index contributed by atoms with van der Waals surface area (Å²) < 4.78 is 4.95. The molecule has 0 aliphatic heterocycles. The van der Waals surface area contributed by atoms with Crippen LogP contribution in [0.4, 0.5) is 0 Å². The number of hydrogen-bond donors (Lipinski definition) is 0. The molecular weight excluding hydrogens is 156 g/mol. The Kier molecular flexibility index (Phi) is 6.06. The second-order valence-corrected chi connectivity index (χ2v) is 5.14. The van der Waals surface area contributed by atoms with Gasteiger partial charge in [-0.15, -0.1) is 0 Å². The topological polar surface area (TPSA) is 9.23 Å². The summed E-state index contributed by atoms with van der Waals surface area (Å²) in [6, 6.07) is 0. The molecular formula is C9H20OS. The molecule has 0 bridgehead atoms. The zero-order valence-corrected chi connectivity index (χ0v) is 8.96. The molecule has 0 saturated heterocycles. The van der Waals surface area contributed by atoms with Crippen LogP contribution in [0.25, 0.3) is 0 Å². The Hall–Kier alpha value is 0.310. The van der Waals surface area contributed by atoms with Crippen LogP contribution < -0.4 is 0 Å². The van der Waals surface area contributed by atoms with Crippen LogP contribution in [-0.2, 0) is 4.74 Å². The Labute approximate surface area is 74.9 Å². The first-order chi connectivity index (χ1) is 5.06.